The first-order chi connectivity index (χ1) is 58.7. The van der Waals surface area contributed by atoms with E-state index < -0.39 is 22.9 Å². The van der Waals surface area contributed by atoms with Gasteiger partial charge in [-0.15, -0.1) is 0 Å². The van der Waals surface area contributed by atoms with Gasteiger partial charge in [0.05, 0.1) is 363 Å². The van der Waals surface area contributed by atoms with Crippen molar-refractivity contribution in [1.29, 1.82) is 0 Å². The van der Waals surface area contributed by atoms with E-state index in [1.165, 1.54) is 0 Å². The van der Waals surface area contributed by atoms with Crippen molar-refractivity contribution in [1.82, 2.24) is 16.0 Å². The van der Waals surface area contributed by atoms with E-state index in [4.69, 9.17) is 147 Å². The van der Waals surface area contributed by atoms with Crippen LogP contribution >= 0.6 is 23.2 Å². The van der Waals surface area contributed by atoms with Gasteiger partial charge in [-0.05, 0) is 76.3 Å². The minimum atomic E-state index is -1.00. The molecule has 1 aliphatic rings. The standard InChI is InChI=1S/C83H142Cl2N4O31.H2O/c1-82(2,3)120-70-73(69-71-9-11-72(12-10-71)88-80(94)79-74(84)7-6-8-75(79)85)89-81(95)83(16-4-5-17-83)18-19-86-77(91)15-21-96-23-25-98-27-29-100-31-33-102-35-37-104-39-41-106-43-45-108-47-49-110-51-53-112-55-57-114-59-61-116-63-65-118-67-68-119-66-64-117-62-60-115-58-56-113-54-52-111-50-48-109-46-44-107-42-40-105-38-36-103-34-32-101-30-28-99-26-24-97-22-20-87-76(90)13-14-78(92)93;/h6-12,73H,4-5,13-70H2,1-3H3,(H,86,91)(H,87,90)(H,88,94)(H,89,95)(H,92,93);1H2/t73-;/m0./s1. The van der Waals surface area contributed by atoms with E-state index in [1.54, 1.807) is 30.3 Å². The number of carbonyl (C=O) groups is 5. The van der Waals surface area contributed by atoms with Gasteiger partial charge in [0.15, 0.2) is 0 Å². The van der Waals surface area contributed by atoms with Crippen molar-refractivity contribution in [3.63, 3.8) is 0 Å². The third-order valence-corrected chi connectivity index (χ3v) is 17.7. The van der Waals surface area contributed by atoms with Crippen molar-refractivity contribution in [3.8, 4) is 0 Å². The number of carbonyl (C=O) groups excluding carboxylic acids is 4. The van der Waals surface area contributed by atoms with Gasteiger partial charge in [0.1, 0.15) is 0 Å². The van der Waals surface area contributed by atoms with Crippen LogP contribution in [-0.4, -0.2) is 389 Å². The number of aliphatic carboxylic acids is 1. The third-order valence-electron chi connectivity index (χ3n) is 17.1. The molecular formula is C83H144Cl2N4O32. The summed E-state index contributed by atoms with van der Waals surface area (Å²) in [5.74, 6) is -1.89. The lowest BCUT2D eigenvalue weighted by molar-refractivity contribution is -0.138. The molecule has 2 aromatic rings. The summed E-state index contributed by atoms with van der Waals surface area (Å²) in [6, 6.07) is 12.0. The monoisotopic (exact) mass is 1780 g/mol. The third kappa shape index (κ3) is 69.2. The Morgan fingerprint density at radius 3 is 0.934 bits per heavy atom. The van der Waals surface area contributed by atoms with Crippen LogP contribution in [0.4, 0.5) is 5.69 Å². The van der Waals surface area contributed by atoms with E-state index in [0.717, 1.165) is 31.2 Å². The second kappa shape index (κ2) is 81.1. The average Bonchev–Trinajstić information content (AvgIpc) is 1.72. The number of benzene rings is 2. The summed E-state index contributed by atoms with van der Waals surface area (Å²) in [7, 11) is 0. The van der Waals surface area contributed by atoms with Gasteiger partial charge in [0.2, 0.25) is 17.7 Å². The number of halogens is 2. The van der Waals surface area contributed by atoms with Crippen molar-refractivity contribution in [3.05, 3.63) is 63.6 Å². The van der Waals surface area contributed by atoms with Gasteiger partial charge >= 0.3 is 5.97 Å². The van der Waals surface area contributed by atoms with Crippen LogP contribution in [0.2, 0.25) is 10.0 Å². The molecule has 1 atom stereocenters. The highest BCUT2D eigenvalue weighted by molar-refractivity contribution is 6.40. The lowest BCUT2D eigenvalue weighted by atomic mass is 9.81. The number of carboxylic acids is 1. The number of nitrogens with one attached hydrogen (secondary N) is 4. The molecule has 4 amide bonds. The van der Waals surface area contributed by atoms with Gasteiger partial charge in [-0.2, -0.15) is 0 Å². The Balaban J connectivity index is 0.0000496. The van der Waals surface area contributed by atoms with Gasteiger partial charge in [-0.1, -0.05) is 54.2 Å². The molecule has 0 bridgehead atoms. The van der Waals surface area contributed by atoms with E-state index >= 15 is 0 Å². The van der Waals surface area contributed by atoms with Crippen LogP contribution in [0.25, 0.3) is 0 Å². The smallest absolute Gasteiger partial charge is 0.303 e. The summed E-state index contributed by atoms with van der Waals surface area (Å²) in [6.45, 7) is 28.1. The Morgan fingerprint density at radius 1 is 0.372 bits per heavy atom. The first kappa shape index (κ1) is 112. The summed E-state index contributed by atoms with van der Waals surface area (Å²) in [6.07, 6.45) is 4.36. The molecule has 1 saturated carbocycles. The zero-order valence-electron chi connectivity index (χ0n) is 72.0. The fraction of sp³-hybridized carbons (Fsp3) is 0.795. The first-order valence-electron chi connectivity index (χ1n) is 42.1. The summed E-state index contributed by atoms with van der Waals surface area (Å²) in [5.41, 5.74) is 0.732. The van der Waals surface area contributed by atoms with Crippen LogP contribution in [0.15, 0.2) is 42.5 Å². The highest BCUT2D eigenvalue weighted by Crippen LogP contribution is 2.41. The summed E-state index contributed by atoms with van der Waals surface area (Å²) in [5, 5.41) is 20.8. The molecule has 0 unspecified atom stereocenters. The molecule has 121 heavy (non-hydrogen) atoms. The molecule has 7 N–H and O–H groups in total. The number of carboxylic acid groups (broad SMARTS) is 1. The second-order valence-electron chi connectivity index (χ2n) is 27.8. The molecule has 702 valence electrons. The predicted molar refractivity (Wildman–Crippen MR) is 448 cm³/mol. The molecule has 0 spiro atoms. The zero-order chi connectivity index (χ0) is 86.2. The number of ether oxygens (including phenoxy) is 25. The van der Waals surface area contributed by atoms with E-state index in [0.29, 0.717) is 349 Å². The fourth-order valence-corrected chi connectivity index (χ4v) is 11.4. The van der Waals surface area contributed by atoms with E-state index in [-0.39, 0.29) is 70.7 Å². The van der Waals surface area contributed by atoms with Crippen molar-refractivity contribution in [2.24, 2.45) is 5.41 Å². The van der Waals surface area contributed by atoms with Gasteiger partial charge in [-0.3, -0.25) is 24.0 Å². The van der Waals surface area contributed by atoms with Crippen molar-refractivity contribution >= 4 is 58.5 Å². The highest BCUT2D eigenvalue weighted by Gasteiger charge is 2.41. The summed E-state index contributed by atoms with van der Waals surface area (Å²) >= 11 is 12.5. The number of amides is 4. The average molecular weight is 1780 g/mol. The normalized spacial score (nSPS) is 12.9. The van der Waals surface area contributed by atoms with Crippen molar-refractivity contribution < 1.29 is 153 Å². The minimum Gasteiger partial charge on any atom is -0.481 e. The van der Waals surface area contributed by atoms with Crippen LogP contribution in [0.5, 0.6) is 0 Å². The van der Waals surface area contributed by atoms with Crippen LogP contribution < -0.4 is 21.3 Å². The minimum absolute atomic E-state index is 0. The van der Waals surface area contributed by atoms with Crippen LogP contribution in [0, 0.1) is 5.41 Å². The molecule has 1 aliphatic carbocycles. The summed E-state index contributed by atoms with van der Waals surface area (Å²) in [4.78, 5) is 61.7. The van der Waals surface area contributed by atoms with Crippen molar-refractivity contribution in [2.45, 2.75) is 90.2 Å². The molecule has 0 saturated heterocycles. The maximum absolute atomic E-state index is 14.1. The Bertz CT molecular complexity index is 2740. The van der Waals surface area contributed by atoms with Crippen molar-refractivity contribution in [2.75, 3.05) is 342 Å². The maximum atomic E-state index is 14.1. The van der Waals surface area contributed by atoms with Gasteiger partial charge in [-0.25, -0.2) is 0 Å². The lowest BCUT2D eigenvalue weighted by Gasteiger charge is -2.32. The largest absolute Gasteiger partial charge is 0.481 e. The molecule has 0 heterocycles. The van der Waals surface area contributed by atoms with Crippen LogP contribution in [-0.2, 0) is 144 Å². The van der Waals surface area contributed by atoms with E-state index in [9.17, 15) is 24.0 Å². The molecule has 0 aliphatic heterocycles. The zero-order valence-corrected chi connectivity index (χ0v) is 73.5. The SMILES string of the molecule is CC(C)(C)OC[C@H](Cc1ccc(NC(=O)c2c(Cl)cccc2Cl)cc1)NC(=O)C1(CCNC(=O)CCOCCOCCOCCOCCOCCOCCOCCOCCOCCOCCOCCOCCOCCOCCOCCOCCOCCOCCOCCOCCOCCOCCOCCOCCNC(=O)CCC(=O)O)CCCC1.O. The number of anilines is 1. The second-order valence-corrected chi connectivity index (χ2v) is 28.6. The Labute approximate surface area is 725 Å². The van der Waals surface area contributed by atoms with Crippen LogP contribution in [0.1, 0.15) is 88.1 Å². The quantitative estimate of drug-likeness (QED) is 0.0538. The molecule has 1 fully saturated rings. The van der Waals surface area contributed by atoms with Gasteiger partial charge in [0.25, 0.3) is 5.91 Å². The van der Waals surface area contributed by atoms with E-state index in [2.05, 4.69) is 21.3 Å². The van der Waals surface area contributed by atoms with Crippen LogP contribution in [0.3, 0.4) is 0 Å². The number of rotatable bonds is 89. The van der Waals surface area contributed by atoms with E-state index in [1.807, 2.05) is 32.9 Å². The summed E-state index contributed by atoms with van der Waals surface area (Å²) < 4.78 is 139. The molecule has 36 nitrogen and oxygen atoms in total. The maximum Gasteiger partial charge on any atom is 0.303 e. The lowest BCUT2D eigenvalue weighted by Crippen LogP contribution is -2.49. The van der Waals surface area contributed by atoms with Gasteiger partial charge in [0, 0.05) is 31.6 Å². The first-order valence-corrected chi connectivity index (χ1v) is 42.8. The number of hydrogen-bond donors (Lipinski definition) is 5. The molecule has 0 aromatic heterocycles. The molecule has 3 rings (SSSR count). The molecule has 0 radical (unpaired) electrons. The molecule has 2 aromatic carbocycles. The topological polar surface area (TPSA) is 416 Å². The fourth-order valence-electron chi connectivity index (χ4n) is 10.8. The van der Waals surface area contributed by atoms with Gasteiger partial charge < -0.3 is 150 Å². The number of hydrogen-bond acceptors (Lipinski definition) is 30. The predicted octanol–water partition coefficient (Wildman–Crippen LogP) is 5.10. The Kier molecular flexibility index (Phi) is 75.3. The molecular weight excluding hydrogens is 1640 g/mol. The molecule has 38 heteroatoms. The Morgan fingerprint density at radius 2 is 0.645 bits per heavy atom. The highest BCUT2D eigenvalue weighted by atomic mass is 35.5. The Hall–Kier alpha value is -4.67.